The van der Waals surface area contributed by atoms with Crippen molar-refractivity contribution in [2.45, 2.75) is 44.6 Å². The first-order valence-corrected chi connectivity index (χ1v) is 7.14. The first kappa shape index (κ1) is 13.0. The summed E-state index contributed by atoms with van der Waals surface area (Å²) in [5.74, 6) is 0.133. The molecule has 2 saturated carbocycles. The zero-order chi connectivity index (χ0) is 13.6. The molecular weight excluding hydrogens is 246 g/mol. The van der Waals surface area contributed by atoms with Crippen LogP contribution < -0.4 is 0 Å². The van der Waals surface area contributed by atoms with Gasteiger partial charge in [-0.15, -0.1) is 0 Å². The Bertz CT molecular complexity index is 484. The summed E-state index contributed by atoms with van der Waals surface area (Å²) >= 11 is 0. The van der Waals surface area contributed by atoms with Crippen molar-refractivity contribution in [1.82, 2.24) is 0 Å². The van der Waals surface area contributed by atoms with E-state index < -0.39 is 17.2 Å². The normalized spacial score (nSPS) is 32.5. The van der Waals surface area contributed by atoms with Gasteiger partial charge in [0.15, 0.2) is 11.6 Å². The lowest BCUT2D eigenvalue weighted by Gasteiger charge is -2.31. The molecule has 0 spiro atoms. The minimum Gasteiger partial charge on any atom is -0.385 e. The summed E-state index contributed by atoms with van der Waals surface area (Å²) in [7, 11) is 0. The summed E-state index contributed by atoms with van der Waals surface area (Å²) in [4.78, 5) is 0. The van der Waals surface area contributed by atoms with E-state index in [1.165, 1.54) is 31.4 Å². The monoisotopic (exact) mass is 266 g/mol. The quantitative estimate of drug-likeness (QED) is 0.876. The van der Waals surface area contributed by atoms with Crippen molar-refractivity contribution in [2.75, 3.05) is 0 Å². The van der Waals surface area contributed by atoms with Crippen LogP contribution in [0.15, 0.2) is 18.2 Å². The molecule has 104 valence electrons. The molecule has 1 N–H and O–H groups in total. The molecule has 2 bridgehead atoms. The van der Waals surface area contributed by atoms with E-state index in [-0.39, 0.29) is 5.56 Å². The van der Waals surface area contributed by atoms with E-state index in [1.54, 1.807) is 6.92 Å². The number of hydrogen-bond donors (Lipinski definition) is 1. The van der Waals surface area contributed by atoms with Crippen LogP contribution in [0.5, 0.6) is 0 Å². The summed E-state index contributed by atoms with van der Waals surface area (Å²) in [5, 5.41) is 10.6. The molecule has 0 heterocycles. The van der Waals surface area contributed by atoms with Crippen molar-refractivity contribution in [2.24, 2.45) is 17.8 Å². The van der Waals surface area contributed by atoms with Crippen molar-refractivity contribution in [3.8, 4) is 0 Å². The number of benzene rings is 1. The Kier molecular flexibility index (Phi) is 3.12. The second-order valence-corrected chi connectivity index (χ2v) is 6.51. The van der Waals surface area contributed by atoms with E-state index in [0.29, 0.717) is 18.3 Å². The van der Waals surface area contributed by atoms with Gasteiger partial charge in [-0.3, -0.25) is 0 Å². The van der Waals surface area contributed by atoms with Gasteiger partial charge in [0.05, 0.1) is 5.60 Å². The summed E-state index contributed by atoms with van der Waals surface area (Å²) in [6, 6.07) is 4.04. The van der Waals surface area contributed by atoms with Gasteiger partial charge >= 0.3 is 0 Å². The van der Waals surface area contributed by atoms with Crippen LogP contribution in [0.2, 0.25) is 0 Å². The Morgan fingerprint density at radius 1 is 1.26 bits per heavy atom. The highest BCUT2D eigenvalue weighted by molar-refractivity contribution is 5.25. The fourth-order valence-corrected chi connectivity index (χ4v) is 4.17. The first-order valence-electron chi connectivity index (χ1n) is 7.14. The maximum Gasteiger partial charge on any atom is 0.164 e. The van der Waals surface area contributed by atoms with Gasteiger partial charge in [-0.2, -0.15) is 0 Å². The first-order chi connectivity index (χ1) is 8.97. The Morgan fingerprint density at radius 3 is 2.68 bits per heavy atom. The molecule has 0 saturated heterocycles. The molecule has 0 amide bonds. The summed E-state index contributed by atoms with van der Waals surface area (Å²) in [5.41, 5.74) is -1.18. The lowest BCUT2D eigenvalue weighted by Crippen LogP contribution is -2.28. The molecule has 2 fully saturated rings. The van der Waals surface area contributed by atoms with Crippen LogP contribution >= 0.6 is 0 Å². The third kappa shape index (κ3) is 2.29. The van der Waals surface area contributed by atoms with Gasteiger partial charge in [0.2, 0.25) is 0 Å². The molecule has 2 aliphatic carbocycles. The molecule has 3 heteroatoms. The predicted molar refractivity (Wildman–Crippen MR) is 69.5 cm³/mol. The van der Waals surface area contributed by atoms with Gasteiger partial charge in [-0.1, -0.05) is 18.6 Å². The van der Waals surface area contributed by atoms with E-state index in [0.717, 1.165) is 18.4 Å². The van der Waals surface area contributed by atoms with Crippen LogP contribution in [0, 0.1) is 29.4 Å². The second kappa shape index (κ2) is 4.55. The van der Waals surface area contributed by atoms with Crippen LogP contribution in [-0.2, 0) is 5.60 Å². The molecule has 3 rings (SSSR count). The number of aliphatic hydroxyl groups is 1. The van der Waals surface area contributed by atoms with Gasteiger partial charge in [0.1, 0.15) is 0 Å². The van der Waals surface area contributed by atoms with Crippen molar-refractivity contribution in [3.05, 3.63) is 35.4 Å². The lowest BCUT2D eigenvalue weighted by atomic mass is 9.78. The van der Waals surface area contributed by atoms with Gasteiger partial charge < -0.3 is 5.11 Å². The number of hydrogen-bond acceptors (Lipinski definition) is 1. The zero-order valence-electron chi connectivity index (χ0n) is 11.2. The molecule has 1 aromatic carbocycles. The van der Waals surface area contributed by atoms with Crippen LogP contribution in [-0.4, -0.2) is 5.11 Å². The SMILES string of the molecule is CC(O)(CC1CC2CCC1C2)c1cccc(F)c1F. The highest BCUT2D eigenvalue weighted by Gasteiger charge is 2.43. The highest BCUT2D eigenvalue weighted by Crippen LogP contribution is 2.51. The number of rotatable bonds is 3. The molecule has 4 unspecified atom stereocenters. The molecule has 0 aliphatic heterocycles. The van der Waals surface area contributed by atoms with E-state index in [2.05, 4.69) is 0 Å². The number of halogens is 2. The molecule has 0 aromatic heterocycles. The van der Waals surface area contributed by atoms with Gasteiger partial charge in [0, 0.05) is 5.56 Å². The minimum absolute atomic E-state index is 0.0928. The average molecular weight is 266 g/mol. The van der Waals surface area contributed by atoms with E-state index in [9.17, 15) is 13.9 Å². The Balaban J connectivity index is 1.80. The van der Waals surface area contributed by atoms with E-state index in [1.807, 2.05) is 0 Å². The minimum atomic E-state index is -1.28. The fraction of sp³-hybridized carbons (Fsp3) is 0.625. The van der Waals surface area contributed by atoms with Gasteiger partial charge in [0.25, 0.3) is 0 Å². The molecule has 0 radical (unpaired) electrons. The molecule has 1 aromatic rings. The third-order valence-electron chi connectivity index (χ3n) is 5.08. The van der Waals surface area contributed by atoms with Crippen molar-refractivity contribution in [1.29, 1.82) is 0 Å². The third-order valence-corrected chi connectivity index (χ3v) is 5.08. The van der Waals surface area contributed by atoms with Gasteiger partial charge in [-0.25, -0.2) is 8.78 Å². The highest BCUT2D eigenvalue weighted by atomic mass is 19.2. The van der Waals surface area contributed by atoms with Crippen molar-refractivity contribution < 1.29 is 13.9 Å². The van der Waals surface area contributed by atoms with Crippen LogP contribution in [0.3, 0.4) is 0 Å². The van der Waals surface area contributed by atoms with E-state index in [4.69, 9.17) is 0 Å². The average Bonchev–Trinajstić information content (AvgIpc) is 2.93. The van der Waals surface area contributed by atoms with Crippen LogP contribution in [0.1, 0.15) is 44.6 Å². The smallest absolute Gasteiger partial charge is 0.164 e. The predicted octanol–water partition coefficient (Wildman–Crippen LogP) is 4.00. The molecule has 2 aliphatic rings. The second-order valence-electron chi connectivity index (χ2n) is 6.51. The molecule has 19 heavy (non-hydrogen) atoms. The van der Waals surface area contributed by atoms with E-state index >= 15 is 0 Å². The Labute approximate surface area is 112 Å². The summed E-state index contributed by atoms with van der Waals surface area (Å²) < 4.78 is 27.1. The Morgan fingerprint density at radius 2 is 2.05 bits per heavy atom. The largest absolute Gasteiger partial charge is 0.385 e. The van der Waals surface area contributed by atoms with Crippen molar-refractivity contribution >= 4 is 0 Å². The lowest BCUT2D eigenvalue weighted by molar-refractivity contribution is 0.0167. The maximum absolute atomic E-state index is 13.8. The zero-order valence-corrected chi connectivity index (χ0v) is 11.2. The van der Waals surface area contributed by atoms with Crippen LogP contribution in [0.25, 0.3) is 0 Å². The molecule has 4 atom stereocenters. The summed E-state index contributed by atoms with van der Waals surface area (Å²) in [6.07, 6.45) is 5.47. The standard InChI is InChI=1S/C16H20F2O/c1-16(19,13-3-2-4-14(17)15(13)18)9-12-8-10-5-6-11(12)7-10/h2-4,10-12,19H,5-9H2,1H3. The Hall–Kier alpha value is -0.960. The summed E-state index contributed by atoms with van der Waals surface area (Å²) in [6.45, 7) is 1.61. The maximum atomic E-state index is 13.8. The fourth-order valence-electron chi connectivity index (χ4n) is 4.17. The molecular formula is C16H20F2O. The van der Waals surface area contributed by atoms with Crippen LogP contribution in [0.4, 0.5) is 8.78 Å². The number of fused-ring (bicyclic) bond motifs is 2. The van der Waals surface area contributed by atoms with Crippen molar-refractivity contribution in [3.63, 3.8) is 0 Å². The topological polar surface area (TPSA) is 20.2 Å². The van der Waals surface area contributed by atoms with Gasteiger partial charge in [-0.05, 0) is 56.4 Å². The molecule has 1 nitrogen and oxygen atoms in total.